The summed E-state index contributed by atoms with van der Waals surface area (Å²) in [6, 6.07) is 93.4. The Kier molecular flexibility index (Phi) is 9.74. The molecule has 8 heteroatoms. The molecule has 13 aromatic carbocycles. The van der Waals surface area contributed by atoms with E-state index in [1.54, 1.807) is 0 Å². The van der Waals surface area contributed by atoms with Crippen LogP contribution >= 0.6 is 23.5 Å². The molecule has 0 N–H and O–H groups in total. The number of anilines is 6. The van der Waals surface area contributed by atoms with Gasteiger partial charge in [0.25, 0.3) is 13.4 Å². The predicted octanol–water partition coefficient (Wildman–Crippen LogP) is 15.4. The van der Waals surface area contributed by atoms with Crippen LogP contribution in [0, 0.1) is 0 Å². The zero-order chi connectivity index (χ0) is 51.0. The van der Waals surface area contributed by atoms with Crippen molar-refractivity contribution in [3.05, 3.63) is 255 Å². The van der Waals surface area contributed by atoms with Crippen molar-refractivity contribution in [3.63, 3.8) is 0 Å². The normalized spacial score (nSPS) is 13.2. The highest BCUT2D eigenvalue weighted by Gasteiger charge is 2.44. The average Bonchev–Trinajstić information content (AvgIpc) is 3.66. The van der Waals surface area contributed by atoms with Crippen LogP contribution in [0.15, 0.2) is 274 Å². The summed E-state index contributed by atoms with van der Waals surface area (Å²) >= 11 is 3.74. The third-order valence-electron chi connectivity index (χ3n) is 16.3. The number of nitrogens with zero attached hydrogens (tertiary/aromatic N) is 2. The van der Waals surface area contributed by atoms with Crippen LogP contribution in [0.1, 0.15) is 0 Å². The molecule has 0 atom stereocenters. The zero-order valence-electron chi connectivity index (χ0n) is 41.9. The van der Waals surface area contributed by atoms with E-state index in [2.05, 4.69) is 265 Å². The van der Waals surface area contributed by atoms with E-state index in [0.29, 0.717) is 0 Å². The topological polar surface area (TPSA) is 24.9 Å². The number of rotatable bonds is 6. The molecule has 0 fully saturated rings. The second kappa shape index (κ2) is 17.2. The van der Waals surface area contributed by atoms with Gasteiger partial charge in [-0.2, -0.15) is 0 Å². The first-order valence-corrected chi connectivity index (χ1v) is 28.2. The number of benzene rings is 13. The number of hydrogen-bond acceptors (Lipinski definition) is 6. The second-order valence-electron chi connectivity index (χ2n) is 20.8. The van der Waals surface area contributed by atoms with Gasteiger partial charge in [-0.05, 0) is 144 Å². The Morgan fingerprint density at radius 1 is 0.244 bits per heavy atom. The fourth-order valence-electron chi connectivity index (χ4n) is 12.8. The van der Waals surface area contributed by atoms with Gasteiger partial charge in [-0.3, -0.25) is 0 Å². The smallest absolute Gasteiger partial charge is 0.253 e. The summed E-state index contributed by atoms with van der Waals surface area (Å²) in [5.74, 6) is 3.57. The second-order valence-corrected chi connectivity index (χ2v) is 23.0. The Bertz CT molecular complexity index is 4260. The lowest BCUT2D eigenvalue weighted by atomic mass is 9.32. The van der Waals surface area contributed by atoms with Crippen LogP contribution in [0.5, 0.6) is 23.0 Å². The Balaban J connectivity index is 0.843. The van der Waals surface area contributed by atoms with E-state index in [1.807, 2.05) is 23.5 Å². The van der Waals surface area contributed by atoms with Gasteiger partial charge < -0.3 is 19.3 Å². The SMILES string of the molecule is c1ccc2c(c1)Oc1cc(N(c3ccc4ccccc4c3)c3ccc4ccccc4c3)cc3c1B2c1cc2c(cc1S3)Sc1cc(N(c3ccc4ccccc4c3)c3ccc4ccccc4c3)cc3c1B2c1ccccc1O3. The van der Waals surface area contributed by atoms with Crippen molar-refractivity contribution in [3.8, 4) is 23.0 Å². The third-order valence-corrected chi connectivity index (χ3v) is 18.6. The van der Waals surface area contributed by atoms with Gasteiger partial charge in [-0.1, -0.05) is 198 Å². The quantitative estimate of drug-likeness (QED) is 0.154. The Hall–Kier alpha value is -9.07. The largest absolute Gasteiger partial charge is 0.458 e. The molecule has 0 radical (unpaired) electrons. The number of hydrogen-bond donors (Lipinski definition) is 0. The van der Waals surface area contributed by atoms with Gasteiger partial charge in [-0.25, -0.2) is 0 Å². The molecule has 0 amide bonds. The van der Waals surface area contributed by atoms with Gasteiger partial charge >= 0.3 is 0 Å². The van der Waals surface area contributed by atoms with Gasteiger partial charge in [0, 0.05) is 54.5 Å². The highest BCUT2D eigenvalue weighted by atomic mass is 32.2. The van der Waals surface area contributed by atoms with Crippen molar-refractivity contribution in [2.45, 2.75) is 19.6 Å². The van der Waals surface area contributed by atoms with Gasteiger partial charge in [0.1, 0.15) is 23.0 Å². The lowest BCUT2D eigenvalue weighted by molar-refractivity contribution is 0.486. The molecular weight excluding hydrogens is 987 g/mol. The highest BCUT2D eigenvalue weighted by Crippen LogP contribution is 2.48. The first kappa shape index (κ1) is 44.1. The van der Waals surface area contributed by atoms with E-state index in [4.69, 9.17) is 9.47 Å². The van der Waals surface area contributed by atoms with Crippen LogP contribution in [0.2, 0.25) is 0 Å². The fourth-order valence-corrected chi connectivity index (χ4v) is 15.3. The molecule has 17 rings (SSSR count). The van der Waals surface area contributed by atoms with E-state index in [-0.39, 0.29) is 13.4 Å². The number of ether oxygens (including phenoxy) is 2. The fraction of sp³-hybridized carbons (Fsp3) is 0. The van der Waals surface area contributed by atoms with Crippen molar-refractivity contribution in [2.24, 2.45) is 0 Å². The first-order valence-electron chi connectivity index (χ1n) is 26.6. The maximum absolute atomic E-state index is 7.09. The van der Waals surface area contributed by atoms with E-state index < -0.39 is 0 Å². The third kappa shape index (κ3) is 6.93. The van der Waals surface area contributed by atoms with Crippen LogP contribution in [0.25, 0.3) is 43.1 Å². The molecule has 4 heterocycles. The molecule has 4 aliphatic rings. The molecule has 0 saturated heterocycles. The molecule has 78 heavy (non-hydrogen) atoms. The highest BCUT2D eigenvalue weighted by molar-refractivity contribution is 8.01. The van der Waals surface area contributed by atoms with E-state index >= 15 is 0 Å². The monoisotopic (exact) mass is 1030 g/mol. The average molecular weight is 1030 g/mol. The molecule has 0 unspecified atom stereocenters. The first-order chi connectivity index (χ1) is 38.6. The summed E-state index contributed by atoms with van der Waals surface area (Å²) in [5, 5.41) is 9.62. The molecule has 0 saturated carbocycles. The van der Waals surface area contributed by atoms with E-state index in [9.17, 15) is 0 Å². The summed E-state index contributed by atoms with van der Waals surface area (Å²) in [6.07, 6.45) is 0. The van der Waals surface area contributed by atoms with Crippen molar-refractivity contribution in [1.29, 1.82) is 0 Å². The summed E-state index contributed by atoms with van der Waals surface area (Å²) in [6.45, 7) is -0.0720. The standard InChI is InChI=1S/C70H42B2N2O2S2/c1-5-17-47-33-51(29-25-43(47)13-1)73(52-30-26-44-14-2-6-18-48(44)34-52)55-37-63-69-67(39-55)77-65-42-66-60(41-59(65)71(69)57-21-9-11-23-61(57)75-63)72-58-22-10-12-24-62(58)76-64-38-56(40-68(78-66)70(64)72)74(53-31-27-45-15-3-7-19-49(45)35-53)54-32-28-46-16-4-8-20-50(46)36-54/h1-42H. The van der Waals surface area contributed by atoms with Crippen LogP contribution in [-0.4, -0.2) is 13.4 Å². The Labute approximate surface area is 460 Å². The molecule has 13 aromatic rings. The zero-order valence-corrected chi connectivity index (χ0v) is 43.6. The lowest BCUT2D eigenvalue weighted by Gasteiger charge is -2.38. The molecular formula is C70H42B2N2O2S2. The molecule has 362 valence electrons. The van der Waals surface area contributed by atoms with Gasteiger partial charge in [0.05, 0.1) is 11.4 Å². The maximum Gasteiger partial charge on any atom is 0.253 e. The minimum Gasteiger partial charge on any atom is -0.458 e. The maximum atomic E-state index is 7.09. The van der Waals surface area contributed by atoms with E-state index in [0.717, 1.165) is 57.1 Å². The predicted molar refractivity (Wildman–Crippen MR) is 329 cm³/mol. The van der Waals surface area contributed by atoms with Crippen LogP contribution in [0.4, 0.5) is 34.1 Å². The van der Waals surface area contributed by atoms with Gasteiger partial charge in [0.15, 0.2) is 0 Å². The van der Waals surface area contributed by atoms with Gasteiger partial charge in [-0.15, -0.1) is 0 Å². The summed E-state index contributed by atoms with van der Waals surface area (Å²) in [5.41, 5.74) is 13.9. The van der Waals surface area contributed by atoms with Gasteiger partial charge in [0.2, 0.25) is 0 Å². The molecule has 4 aliphatic heterocycles. The summed E-state index contributed by atoms with van der Waals surface area (Å²) in [7, 11) is 0. The molecule has 0 aromatic heterocycles. The Morgan fingerprint density at radius 2 is 0.577 bits per heavy atom. The molecule has 0 bridgehead atoms. The van der Waals surface area contributed by atoms with Crippen molar-refractivity contribution >= 4 is 147 Å². The van der Waals surface area contributed by atoms with Crippen LogP contribution in [0.3, 0.4) is 0 Å². The van der Waals surface area contributed by atoms with Crippen molar-refractivity contribution < 1.29 is 9.47 Å². The number of fused-ring (bicyclic) bond motifs is 12. The molecule has 0 aliphatic carbocycles. The minimum atomic E-state index is -0.0360. The number of para-hydroxylation sites is 2. The summed E-state index contributed by atoms with van der Waals surface area (Å²) in [4.78, 5) is 9.73. The lowest BCUT2D eigenvalue weighted by Crippen LogP contribution is -2.62. The van der Waals surface area contributed by atoms with Crippen molar-refractivity contribution in [1.82, 2.24) is 0 Å². The van der Waals surface area contributed by atoms with Crippen LogP contribution in [-0.2, 0) is 0 Å². The summed E-state index contributed by atoms with van der Waals surface area (Å²) < 4.78 is 14.2. The molecule has 0 spiro atoms. The molecule has 4 nitrogen and oxygen atoms in total. The minimum absolute atomic E-state index is 0.0360. The Morgan fingerprint density at radius 3 is 0.949 bits per heavy atom. The van der Waals surface area contributed by atoms with Crippen molar-refractivity contribution in [2.75, 3.05) is 9.80 Å². The van der Waals surface area contributed by atoms with Crippen LogP contribution < -0.4 is 52.1 Å². The van der Waals surface area contributed by atoms with E-state index in [1.165, 1.54) is 95.4 Å².